The standard InChI is InChI=1S/C18H14ClNO3/c1-23-16(21)10-14-17(11-5-3-2-4-6-11)13-9-12(19)7-8-15(13)20-18(14)22/h2-9,13H,10H2,1H3. The Morgan fingerprint density at radius 3 is 2.70 bits per heavy atom. The van der Waals surface area contributed by atoms with Gasteiger partial charge in [-0.15, -0.1) is 0 Å². The molecule has 116 valence electrons. The molecular formula is C18H14ClNO3. The van der Waals surface area contributed by atoms with E-state index in [2.05, 4.69) is 4.99 Å². The molecule has 4 nitrogen and oxygen atoms in total. The zero-order valence-corrected chi connectivity index (χ0v) is 13.2. The molecule has 1 heterocycles. The first-order chi connectivity index (χ1) is 11.1. The maximum atomic E-state index is 12.4. The monoisotopic (exact) mass is 327 g/mol. The van der Waals surface area contributed by atoms with Crippen molar-refractivity contribution in [1.82, 2.24) is 0 Å². The average molecular weight is 328 g/mol. The molecule has 5 heteroatoms. The molecule has 0 N–H and O–H groups in total. The predicted octanol–water partition coefficient (Wildman–Crippen LogP) is 3.29. The summed E-state index contributed by atoms with van der Waals surface area (Å²) in [4.78, 5) is 28.2. The molecule has 0 bridgehead atoms. The number of amides is 1. The van der Waals surface area contributed by atoms with Crippen molar-refractivity contribution in [2.75, 3.05) is 7.11 Å². The third kappa shape index (κ3) is 3.03. The van der Waals surface area contributed by atoms with Crippen molar-refractivity contribution in [3.05, 3.63) is 64.7 Å². The summed E-state index contributed by atoms with van der Waals surface area (Å²) in [5.41, 5.74) is 2.61. The number of halogens is 1. The fraction of sp³-hybridized carbons (Fsp3) is 0.167. The zero-order valence-electron chi connectivity index (χ0n) is 12.5. The van der Waals surface area contributed by atoms with Crippen molar-refractivity contribution in [2.45, 2.75) is 6.42 Å². The van der Waals surface area contributed by atoms with Gasteiger partial charge < -0.3 is 4.74 Å². The first-order valence-corrected chi connectivity index (χ1v) is 7.51. The summed E-state index contributed by atoms with van der Waals surface area (Å²) in [7, 11) is 1.30. The number of carbonyl (C=O) groups excluding carboxylic acids is 2. The van der Waals surface area contributed by atoms with Crippen LogP contribution < -0.4 is 0 Å². The van der Waals surface area contributed by atoms with Crippen LogP contribution in [0.15, 0.2) is 64.2 Å². The molecule has 0 fully saturated rings. The number of nitrogens with zero attached hydrogens (tertiary/aromatic N) is 1. The summed E-state index contributed by atoms with van der Waals surface area (Å²) >= 11 is 6.13. The summed E-state index contributed by atoms with van der Waals surface area (Å²) in [5, 5.41) is 0.578. The maximum absolute atomic E-state index is 12.4. The minimum atomic E-state index is -0.471. The number of methoxy groups -OCH3 is 1. The lowest BCUT2D eigenvalue weighted by atomic mass is 9.80. The number of esters is 1. The highest BCUT2D eigenvalue weighted by Crippen LogP contribution is 2.37. The molecule has 1 aliphatic heterocycles. The Kier molecular flexibility index (Phi) is 4.26. The Balaban J connectivity index is 2.17. The van der Waals surface area contributed by atoms with Gasteiger partial charge >= 0.3 is 5.97 Å². The van der Waals surface area contributed by atoms with Gasteiger partial charge in [0.05, 0.1) is 19.2 Å². The van der Waals surface area contributed by atoms with Crippen molar-refractivity contribution < 1.29 is 14.3 Å². The molecule has 1 aliphatic carbocycles. The van der Waals surface area contributed by atoms with Crippen LogP contribution in [0.5, 0.6) is 0 Å². The van der Waals surface area contributed by atoms with Gasteiger partial charge in [0, 0.05) is 16.5 Å². The molecule has 2 aliphatic rings. The quantitative estimate of drug-likeness (QED) is 0.800. The van der Waals surface area contributed by atoms with Gasteiger partial charge in [0.25, 0.3) is 5.91 Å². The Labute approximate surface area is 138 Å². The van der Waals surface area contributed by atoms with Gasteiger partial charge in [-0.2, -0.15) is 0 Å². The van der Waals surface area contributed by atoms with Crippen LogP contribution in [-0.2, 0) is 14.3 Å². The second-order valence-electron chi connectivity index (χ2n) is 5.22. The SMILES string of the molecule is COC(=O)CC1=C(c2ccccc2)C2C=C(Cl)C=CC2=NC1=O. The van der Waals surface area contributed by atoms with Crippen LogP contribution in [0, 0.1) is 5.92 Å². The van der Waals surface area contributed by atoms with E-state index in [1.54, 1.807) is 12.2 Å². The van der Waals surface area contributed by atoms with Crippen LogP contribution in [0.3, 0.4) is 0 Å². The van der Waals surface area contributed by atoms with Crippen molar-refractivity contribution in [3.63, 3.8) is 0 Å². The van der Waals surface area contributed by atoms with Crippen molar-refractivity contribution >= 4 is 34.8 Å². The average Bonchev–Trinajstić information content (AvgIpc) is 2.56. The van der Waals surface area contributed by atoms with E-state index in [1.165, 1.54) is 7.11 Å². The van der Waals surface area contributed by atoms with E-state index in [0.29, 0.717) is 16.3 Å². The highest BCUT2D eigenvalue weighted by atomic mass is 35.5. The number of dihydropyridines is 1. The van der Waals surface area contributed by atoms with Crippen LogP contribution in [0.25, 0.3) is 5.57 Å². The lowest BCUT2D eigenvalue weighted by Crippen LogP contribution is -2.25. The van der Waals surface area contributed by atoms with Gasteiger partial charge in [0.1, 0.15) is 0 Å². The predicted molar refractivity (Wildman–Crippen MR) is 89.0 cm³/mol. The van der Waals surface area contributed by atoms with Crippen LogP contribution >= 0.6 is 11.6 Å². The first kappa shape index (κ1) is 15.4. The number of allylic oxidation sites excluding steroid dienone is 5. The largest absolute Gasteiger partial charge is 0.469 e. The van der Waals surface area contributed by atoms with Crippen LogP contribution in [-0.4, -0.2) is 24.7 Å². The smallest absolute Gasteiger partial charge is 0.310 e. The summed E-state index contributed by atoms with van der Waals surface area (Å²) in [6.45, 7) is 0. The van der Waals surface area contributed by atoms with E-state index >= 15 is 0 Å². The van der Waals surface area contributed by atoms with Crippen molar-refractivity contribution in [2.24, 2.45) is 10.9 Å². The molecule has 1 atom stereocenters. The molecule has 1 amide bonds. The fourth-order valence-electron chi connectivity index (χ4n) is 2.75. The molecule has 23 heavy (non-hydrogen) atoms. The number of hydrogen-bond donors (Lipinski definition) is 0. The molecule has 1 aromatic carbocycles. The molecular weight excluding hydrogens is 314 g/mol. The molecule has 0 radical (unpaired) electrons. The Bertz CT molecular complexity index is 788. The molecule has 1 unspecified atom stereocenters. The third-order valence-electron chi connectivity index (χ3n) is 3.82. The Morgan fingerprint density at radius 2 is 2.00 bits per heavy atom. The summed E-state index contributed by atoms with van der Waals surface area (Å²) in [6, 6.07) is 9.48. The lowest BCUT2D eigenvalue weighted by Gasteiger charge is -2.27. The molecule has 1 aromatic rings. The van der Waals surface area contributed by atoms with Gasteiger partial charge in [-0.3, -0.25) is 9.59 Å². The maximum Gasteiger partial charge on any atom is 0.310 e. The van der Waals surface area contributed by atoms with E-state index in [0.717, 1.165) is 11.1 Å². The second-order valence-corrected chi connectivity index (χ2v) is 5.65. The summed E-state index contributed by atoms with van der Waals surface area (Å²) in [6.07, 6.45) is 5.18. The van der Waals surface area contributed by atoms with E-state index in [4.69, 9.17) is 16.3 Å². The van der Waals surface area contributed by atoms with Gasteiger partial charge in [-0.25, -0.2) is 4.99 Å². The normalized spacial score (nSPS) is 19.9. The molecule has 0 aromatic heterocycles. The Hall–Kier alpha value is -2.46. The lowest BCUT2D eigenvalue weighted by molar-refractivity contribution is -0.140. The number of carbonyl (C=O) groups is 2. The van der Waals surface area contributed by atoms with Gasteiger partial charge in [-0.1, -0.05) is 48.0 Å². The third-order valence-corrected chi connectivity index (χ3v) is 4.07. The summed E-state index contributed by atoms with van der Waals surface area (Å²) < 4.78 is 4.71. The molecule has 0 saturated heterocycles. The van der Waals surface area contributed by atoms with E-state index in [-0.39, 0.29) is 12.3 Å². The van der Waals surface area contributed by atoms with E-state index in [9.17, 15) is 9.59 Å². The van der Waals surface area contributed by atoms with Gasteiger partial charge in [0.2, 0.25) is 0 Å². The number of benzene rings is 1. The minimum Gasteiger partial charge on any atom is -0.469 e. The van der Waals surface area contributed by atoms with Gasteiger partial charge in [0.15, 0.2) is 0 Å². The zero-order chi connectivity index (χ0) is 16.4. The topological polar surface area (TPSA) is 55.7 Å². The van der Waals surface area contributed by atoms with E-state index in [1.807, 2.05) is 36.4 Å². The first-order valence-electron chi connectivity index (χ1n) is 7.13. The van der Waals surface area contributed by atoms with E-state index < -0.39 is 11.9 Å². The van der Waals surface area contributed by atoms with Gasteiger partial charge in [-0.05, 0) is 23.3 Å². The molecule has 0 spiro atoms. The minimum absolute atomic E-state index is 0.109. The Morgan fingerprint density at radius 1 is 1.26 bits per heavy atom. The number of fused-ring (bicyclic) bond motifs is 1. The molecule has 3 rings (SSSR count). The van der Waals surface area contributed by atoms with Crippen LogP contribution in [0.4, 0.5) is 0 Å². The van der Waals surface area contributed by atoms with Crippen molar-refractivity contribution in [1.29, 1.82) is 0 Å². The number of ether oxygens (including phenoxy) is 1. The fourth-order valence-corrected chi connectivity index (χ4v) is 2.94. The highest BCUT2D eigenvalue weighted by molar-refractivity contribution is 6.33. The number of hydrogen-bond acceptors (Lipinski definition) is 3. The number of aliphatic imine (C=N–C) groups is 1. The molecule has 0 saturated carbocycles. The second kappa shape index (κ2) is 6.34. The van der Waals surface area contributed by atoms with Crippen LogP contribution in [0.1, 0.15) is 12.0 Å². The van der Waals surface area contributed by atoms with Crippen molar-refractivity contribution in [3.8, 4) is 0 Å². The highest BCUT2D eigenvalue weighted by Gasteiger charge is 2.32. The summed E-state index contributed by atoms with van der Waals surface area (Å²) in [5.74, 6) is -1.12. The number of rotatable bonds is 3. The van der Waals surface area contributed by atoms with Crippen LogP contribution in [0.2, 0.25) is 0 Å².